The molecule has 0 saturated heterocycles. The Labute approximate surface area is 118 Å². The Morgan fingerprint density at radius 3 is 2.95 bits per heavy atom. The quantitative estimate of drug-likeness (QED) is 0.865. The van der Waals surface area contributed by atoms with Crippen molar-refractivity contribution in [3.05, 3.63) is 47.0 Å². The monoisotopic (exact) mass is 294 g/mol. The summed E-state index contributed by atoms with van der Waals surface area (Å²) >= 11 is 5.77. The number of amides is 1. The minimum Gasteiger partial charge on any atom is -0.454 e. The molecule has 5 nitrogen and oxygen atoms in total. The molecule has 2 aromatic rings. The van der Waals surface area contributed by atoms with Crippen molar-refractivity contribution in [2.45, 2.75) is 0 Å². The Bertz CT molecular complexity index is 693. The molecule has 20 heavy (non-hydrogen) atoms. The van der Waals surface area contributed by atoms with E-state index < -0.39 is 11.7 Å². The zero-order valence-electron chi connectivity index (χ0n) is 10.0. The number of aromatic nitrogens is 1. The molecule has 0 unspecified atom stereocenters. The predicted molar refractivity (Wildman–Crippen MR) is 69.7 cm³/mol. The van der Waals surface area contributed by atoms with Crippen LogP contribution in [-0.4, -0.2) is 17.7 Å². The molecule has 1 aromatic carbocycles. The van der Waals surface area contributed by atoms with E-state index in [1.165, 1.54) is 0 Å². The van der Waals surface area contributed by atoms with E-state index >= 15 is 0 Å². The number of benzene rings is 1. The van der Waals surface area contributed by atoms with Crippen LogP contribution >= 0.6 is 11.6 Å². The van der Waals surface area contributed by atoms with Gasteiger partial charge in [0.15, 0.2) is 11.5 Å². The second-order valence-corrected chi connectivity index (χ2v) is 4.37. The van der Waals surface area contributed by atoms with Gasteiger partial charge in [0.2, 0.25) is 6.79 Å². The molecule has 102 valence electrons. The fourth-order valence-electron chi connectivity index (χ4n) is 1.75. The summed E-state index contributed by atoms with van der Waals surface area (Å²) in [5.74, 6) is -0.0502. The molecule has 3 rings (SSSR count). The normalized spacial score (nSPS) is 12.3. The molecule has 0 fully saturated rings. The SMILES string of the molecule is O=C(Nc1ccc2c(c1)OCO2)c1cc(F)cnc1Cl. The van der Waals surface area contributed by atoms with Crippen LogP contribution in [0.25, 0.3) is 0 Å². The Kier molecular flexibility index (Phi) is 3.15. The van der Waals surface area contributed by atoms with Crippen LogP contribution in [0.3, 0.4) is 0 Å². The maximum Gasteiger partial charge on any atom is 0.258 e. The lowest BCUT2D eigenvalue weighted by Crippen LogP contribution is -2.13. The lowest BCUT2D eigenvalue weighted by Gasteiger charge is -2.07. The summed E-state index contributed by atoms with van der Waals surface area (Å²) in [5, 5.41) is 2.53. The van der Waals surface area contributed by atoms with Gasteiger partial charge in [0.25, 0.3) is 5.91 Å². The average molecular weight is 295 g/mol. The summed E-state index contributed by atoms with van der Waals surface area (Å²) in [4.78, 5) is 15.6. The third-order valence-corrected chi connectivity index (χ3v) is 2.98. The van der Waals surface area contributed by atoms with Crippen molar-refractivity contribution < 1.29 is 18.7 Å². The smallest absolute Gasteiger partial charge is 0.258 e. The van der Waals surface area contributed by atoms with Crippen LogP contribution < -0.4 is 14.8 Å². The Morgan fingerprint density at radius 2 is 2.10 bits per heavy atom. The Hall–Kier alpha value is -2.34. The summed E-state index contributed by atoms with van der Waals surface area (Å²) in [5.41, 5.74) is 0.448. The van der Waals surface area contributed by atoms with Crippen molar-refractivity contribution in [2.75, 3.05) is 12.1 Å². The number of anilines is 1. The highest BCUT2D eigenvalue weighted by Crippen LogP contribution is 2.34. The van der Waals surface area contributed by atoms with Crippen LogP contribution in [-0.2, 0) is 0 Å². The van der Waals surface area contributed by atoms with E-state index in [2.05, 4.69) is 10.3 Å². The first-order chi connectivity index (χ1) is 9.63. The molecule has 1 aromatic heterocycles. The molecule has 1 amide bonds. The lowest BCUT2D eigenvalue weighted by molar-refractivity contribution is 0.102. The standard InChI is InChI=1S/C13H8ClFN2O3/c14-12-9(3-7(15)5-16-12)13(18)17-8-1-2-10-11(4-8)20-6-19-10/h1-5H,6H2,(H,17,18). The first-order valence-corrected chi connectivity index (χ1v) is 6.03. The molecule has 0 saturated carbocycles. The second kappa shape index (κ2) is 4.97. The van der Waals surface area contributed by atoms with Crippen molar-refractivity contribution in [2.24, 2.45) is 0 Å². The third kappa shape index (κ3) is 2.37. The molecule has 0 aliphatic carbocycles. The van der Waals surface area contributed by atoms with Crippen molar-refractivity contribution >= 4 is 23.2 Å². The van der Waals surface area contributed by atoms with Crippen LogP contribution in [0.2, 0.25) is 5.15 Å². The number of carbonyl (C=O) groups excluding carboxylic acids is 1. The van der Waals surface area contributed by atoms with E-state index in [0.29, 0.717) is 17.2 Å². The van der Waals surface area contributed by atoms with Crippen LogP contribution in [0, 0.1) is 5.82 Å². The Balaban J connectivity index is 1.84. The highest BCUT2D eigenvalue weighted by molar-refractivity contribution is 6.33. The largest absolute Gasteiger partial charge is 0.454 e. The summed E-state index contributed by atoms with van der Waals surface area (Å²) in [6, 6.07) is 5.95. The molecule has 0 radical (unpaired) electrons. The number of rotatable bonds is 2. The fraction of sp³-hybridized carbons (Fsp3) is 0.0769. The van der Waals surface area contributed by atoms with Crippen molar-refractivity contribution in [1.82, 2.24) is 4.98 Å². The van der Waals surface area contributed by atoms with Gasteiger partial charge in [-0.1, -0.05) is 11.6 Å². The van der Waals surface area contributed by atoms with Gasteiger partial charge >= 0.3 is 0 Å². The fourth-order valence-corrected chi connectivity index (χ4v) is 1.94. The van der Waals surface area contributed by atoms with Crippen LogP contribution in [0.1, 0.15) is 10.4 Å². The molecular weight excluding hydrogens is 287 g/mol. The molecule has 0 atom stereocenters. The summed E-state index contributed by atoms with van der Waals surface area (Å²) in [6.07, 6.45) is 0.944. The van der Waals surface area contributed by atoms with Gasteiger partial charge in [0.1, 0.15) is 11.0 Å². The van der Waals surface area contributed by atoms with Crippen molar-refractivity contribution in [3.63, 3.8) is 0 Å². The number of hydrogen-bond acceptors (Lipinski definition) is 4. The highest BCUT2D eigenvalue weighted by Gasteiger charge is 2.16. The van der Waals surface area contributed by atoms with Gasteiger partial charge in [0.05, 0.1) is 11.8 Å². The van der Waals surface area contributed by atoms with E-state index in [4.69, 9.17) is 21.1 Å². The van der Waals surface area contributed by atoms with Crippen LogP contribution in [0.4, 0.5) is 10.1 Å². The first-order valence-electron chi connectivity index (χ1n) is 5.65. The van der Waals surface area contributed by atoms with Gasteiger partial charge in [-0.2, -0.15) is 0 Å². The topological polar surface area (TPSA) is 60.5 Å². The molecule has 1 aliphatic heterocycles. The summed E-state index contributed by atoms with van der Waals surface area (Å²) in [6.45, 7) is 0.145. The highest BCUT2D eigenvalue weighted by atomic mass is 35.5. The number of carbonyl (C=O) groups is 1. The number of ether oxygens (including phenoxy) is 2. The number of pyridine rings is 1. The maximum atomic E-state index is 13.1. The lowest BCUT2D eigenvalue weighted by atomic mass is 10.2. The van der Waals surface area contributed by atoms with Gasteiger partial charge < -0.3 is 14.8 Å². The zero-order valence-corrected chi connectivity index (χ0v) is 10.8. The first kappa shape index (κ1) is 12.7. The summed E-state index contributed by atoms with van der Waals surface area (Å²) < 4.78 is 23.4. The molecule has 7 heteroatoms. The molecule has 0 bridgehead atoms. The molecule has 1 N–H and O–H groups in total. The molecule has 1 aliphatic rings. The number of nitrogens with one attached hydrogen (secondary N) is 1. The Morgan fingerprint density at radius 1 is 1.30 bits per heavy atom. The maximum absolute atomic E-state index is 13.1. The van der Waals surface area contributed by atoms with E-state index in [-0.39, 0.29) is 17.5 Å². The van der Waals surface area contributed by atoms with Gasteiger partial charge in [-0.15, -0.1) is 0 Å². The minimum atomic E-state index is -0.634. The average Bonchev–Trinajstić information content (AvgIpc) is 2.89. The summed E-state index contributed by atoms with van der Waals surface area (Å²) in [7, 11) is 0. The number of nitrogens with zero attached hydrogens (tertiary/aromatic N) is 1. The van der Waals surface area contributed by atoms with Crippen LogP contribution in [0.5, 0.6) is 11.5 Å². The second-order valence-electron chi connectivity index (χ2n) is 4.01. The minimum absolute atomic E-state index is 0.0377. The number of hydrogen-bond donors (Lipinski definition) is 1. The molecular formula is C13H8ClFN2O3. The van der Waals surface area contributed by atoms with Gasteiger partial charge in [-0.05, 0) is 18.2 Å². The number of fused-ring (bicyclic) bond motifs is 1. The third-order valence-electron chi connectivity index (χ3n) is 2.68. The number of halogens is 2. The van der Waals surface area contributed by atoms with Crippen LogP contribution in [0.15, 0.2) is 30.5 Å². The van der Waals surface area contributed by atoms with E-state index in [9.17, 15) is 9.18 Å². The van der Waals surface area contributed by atoms with E-state index in [1.54, 1.807) is 18.2 Å². The van der Waals surface area contributed by atoms with Crippen molar-refractivity contribution in [1.29, 1.82) is 0 Å². The van der Waals surface area contributed by atoms with E-state index in [0.717, 1.165) is 12.3 Å². The van der Waals surface area contributed by atoms with Gasteiger partial charge in [0, 0.05) is 11.8 Å². The molecule has 2 heterocycles. The molecule has 0 spiro atoms. The predicted octanol–water partition coefficient (Wildman–Crippen LogP) is 2.86. The van der Waals surface area contributed by atoms with Gasteiger partial charge in [-0.25, -0.2) is 9.37 Å². The van der Waals surface area contributed by atoms with Gasteiger partial charge in [-0.3, -0.25) is 4.79 Å². The van der Waals surface area contributed by atoms with Crippen molar-refractivity contribution in [3.8, 4) is 11.5 Å². The van der Waals surface area contributed by atoms with E-state index in [1.807, 2.05) is 0 Å². The zero-order chi connectivity index (χ0) is 14.1.